The minimum atomic E-state index is -0.386. The molecule has 8 heteroatoms. The molecule has 26 heavy (non-hydrogen) atoms. The number of carbonyl (C=O) groups excluding carboxylic acids is 2. The van der Waals surface area contributed by atoms with Crippen molar-refractivity contribution in [3.8, 4) is 5.69 Å². The Morgan fingerprint density at radius 2 is 1.69 bits per heavy atom. The lowest BCUT2D eigenvalue weighted by Gasteiger charge is -2.17. The van der Waals surface area contributed by atoms with Crippen molar-refractivity contribution < 1.29 is 14.3 Å². The Morgan fingerprint density at radius 1 is 1.04 bits per heavy atom. The molecule has 0 saturated carbocycles. The third-order valence-electron chi connectivity index (χ3n) is 3.87. The lowest BCUT2D eigenvalue weighted by molar-refractivity contribution is 0.0600. The molecule has 2 aromatic carbocycles. The van der Waals surface area contributed by atoms with Gasteiger partial charge in [0.15, 0.2) is 0 Å². The van der Waals surface area contributed by atoms with Crippen LogP contribution in [0.2, 0.25) is 0 Å². The molecule has 0 aliphatic carbocycles. The Labute approximate surface area is 150 Å². The largest absolute Gasteiger partial charge is 0.465 e. The fraction of sp³-hybridized carbons (Fsp3) is 0.167. The molecule has 3 rings (SSSR count). The van der Waals surface area contributed by atoms with Gasteiger partial charge in [-0.25, -0.2) is 9.48 Å². The van der Waals surface area contributed by atoms with Gasteiger partial charge < -0.3 is 9.64 Å². The standard InChI is InChI=1S/C18H17N5O3/c1-22(11-13-3-5-15(6-4-13)18(25)26-2)17(24)14-7-9-16(10-8-14)23-12-19-20-21-23/h3-10,12H,11H2,1-2H3. The molecule has 132 valence electrons. The zero-order chi connectivity index (χ0) is 18.5. The molecule has 0 bridgehead atoms. The van der Waals surface area contributed by atoms with Gasteiger partial charge in [0.25, 0.3) is 5.91 Å². The van der Waals surface area contributed by atoms with E-state index in [9.17, 15) is 9.59 Å². The van der Waals surface area contributed by atoms with Gasteiger partial charge in [0.05, 0.1) is 18.4 Å². The van der Waals surface area contributed by atoms with Crippen LogP contribution in [0.4, 0.5) is 0 Å². The molecule has 1 aromatic heterocycles. The van der Waals surface area contributed by atoms with Crippen LogP contribution < -0.4 is 0 Å². The van der Waals surface area contributed by atoms with Crippen LogP contribution in [0.3, 0.4) is 0 Å². The first-order chi connectivity index (χ1) is 12.6. The van der Waals surface area contributed by atoms with Crippen molar-refractivity contribution in [2.24, 2.45) is 0 Å². The van der Waals surface area contributed by atoms with Crippen LogP contribution in [0.15, 0.2) is 54.9 Å². The van der Waals surface area contributed by atoms with Gasteiger partial charge in [-0.15, -0.1) is 5.10 Å². The molecule has 0 aliphatic rings. The molecule has 3 aromatic rings. The third-order valence-corrected chi connectivity index (χ3v) is 3.87. The van der Waals surface area contributed by atoms with Crippen molar-refractivity contribution in [1.82, 2.24) is 25.1 Å². The van der Waals surface area contributed by atoms with Gasteiger partial charge in [-0.05, 0) is 52.4 Å². The van der Waals surface area contributed by atoms with E-state index in [0.29, 0.717) is 17.7 Å². The maximum Gasteiger partial charge on any atom is 0.337 e. The van der Waals surface area contributed by atoms with Crippen LogP contribution >= 0.6 is 0 Å². The summed E-state index contributed by atoms with van der Waals surface area (Å²) in [5.74, 6) is -0.492. The maximum atomic E-state index is 12.6. The molecule has 0 atom stereocenters. The van der Waals surface area contributed by atoms with Crippen LogP contribution in [-0.2, 0) is 11.3 Å². The van der Waals surface area contributed by atoms with E-state index in [-0.39, 0.29) is 11.9 Å². The van der Waals surface area contributed by atoms with E-state index < -0.39 is 0 Å². The smallest absolute Gasteiger partial charge is 0.337 e. The average molecular weight is 351 g/mol. The number of aromatic nitrogens is 4. The zero-order valence-corrected chi connectivity index (χ0v) is 14.4. The summed E-state index contributed by atoms with van der Waals surface area (Å²) in [6.07, 6.45) is 1.49. The number of ether oxygens (including phenoxy) is 1. The first-order valence-corrected chi connectivity index (χ1v) is 7.84. The van der Waals surface area contributed by atoms with E-state index in [1.54, 1.807) is 60.5 Å². The Morgan fingerprint density at radius 3 is 2.27 bits per heavy atom. The molecular weight excluding hydrogens is 334 g/mol. The molecule has 0 saturated heterocycles. The van der Waals surface area contributed by atoms with E-state index in [1.165, 1.54) is 18.1 Å². The number of nitrogens with zero attached hydrogens (tertiary/aromatic N) is 5. The van der Waals surface area contributed by atoms with Gasteiger partial charge in [-0.3, -0.25) is 4.79 Å². The molecule has 1 heterocycles. The average Bonchev–Trinajstić information content (AvgIpc) is 3.22. The van der Waals surface area contributed by atoms with Crippen molar-refractivity contribution in [1.29, 1.82) is 0 Å². The number of amides is 1. The summed E-state index contributed by atoms with van der Waals surface area (Å²) in [5, 5.41) is 11.0. The van der Waals surface area contributed by atoms with E-state index in [2.05, 4.69) is 20.3 Å². The van der Waals surface area contributed by atoms with Crippen LogP contribution in [0.5, 0.6) is 0 Å². The van der Waals surface area contributed by atoms with Crippen molar-refractivity contribution >= 4 is 11.9 Å². The Hall–Kier alpha value is -3.55. The van der Waals surface area contributed by atoms with Gasteiger partial charge in [-0.1, -0.05) is 12.1 Å². The van der Waals surface area contributed by atoms with Crippen molar-refractivity contribution in [2.45, 2.75) is 6.54 Å². The van der Waals surface area contributed by atoms with E-state index in [0.717, 1.165) is 11.3 Å². The van der Waals surface area contributed by atoms with Crippen molar-refractivity contribution in [3.05, 3.63) is 71.5 Å². The number of tetrazole rings is 1. The molecule has 0 N–H and O–H groups in total. The van der Waals surface area contributed by atoms with E-state index in [1.807, 2.05) is 0 Å². The third kappa shape index (κ3) is 3.75. The predicted molar refractivity (Wildman–Crippen MR) is 92.7 cm³/mol. The zero-order valence-electron chi connectivity index (χ0n) is 14.4. The Bertz CT molecular complexity index is 890. The first-order valence-electron chi connectivity index (χ1n) is 7.84. The molecule has 0 radical (unpaired) electrons. The molecule has 1 amide bonds. The fourth-order valence-electron chi connectivity index (χ4n) is 2.47. The number of benzene rings is 2. The monoisotopic (exact) mass is 351 g/mol. The molecule has 8 nitrogen and oxygen atoms in total. The number of methoxy groups -OCH3 is 1. The number of esters is 1. The van der Waals surface area contributed by atoms with Crippen LogP contribution in [-0.4, -0.2) is 51.1 Å². The van der Waals surface area contributed by atoms with Crippen molar-refractivity contribution in [3.63, 3.8) is 0 Å². The topological polar surface area (TPSA) is 90.2 Å². The quantitative estimate of drug-likeness (QED) is 0.650. The highest BCUT2D eigenvalue weighted by molar-refractivity contribution is 5.94. The summed E-state index contributed by atoms with van der Waals surface area (Å²) in [6, 6.07) is 14.0. The second-order valence-electron chi connectivity index (χ2n) is 5.65. The minimum absolute atomic E-state index is 0.106. The molecular formula is C18H17N5O3. The van der Waals surface area contributed by atoms with Gasteiger partial charge in [-0.2, -0.15) is 0 Å². The van der Waals surface area contributed by atoms with Crippen LogP contribution in [0.1, 0.15) is 26.3 Å². The van der Waals surface area contributed by atoms with Crippen LogP contribution in [0, 0.1) is 0 Å². The lowest BCUT2D eigenvalue weighted by atomic mass is 10.1. The number of hydrogen-bond donors (Lipinski definition) is 0. The summed E-state index contributed by atoms with van der Waals surface area (Å²) >= 11 is 0. The Balaban J connectivity index is 1.66. The molecule has 0 spiro atoms. The second-order valence-corrected chi connectivity index (χ2v) is 5.65. The summed E-state index contributed by atoms with van der Waals surface area (Å²) in [7, 11) is 3.07. The SMILES string of the molecule is COC(=O)c1ccc(CN(C)C(=O)c2ccc(-n3cnnn3)cc2)cc1. The summed E-state index contributed by atoms with van der Waals surface area (Å²) < 4.78 is 6.19. The number of rotatable bonds is 5. The molecule has 0 fully saturated rings. The van der Waals surface area contributed by atoms with E-state index >= 15 is 0 Å². The van der Waals surface area contributed by atoms with Crippen molar-refractivity contribution in [2.75, 3.05) is 14.2 Å². The minimum Gasteiger partial charge on any atom is -0.465 e. The first kappa shape index (κ1) is 17.3. The molecule has 0 unspecified atom stereocenters. The highest BCUT2D eigenvalue weighted by Gasteiger charge is 2.13. The summed E-state index contributed by atoms with van der Waals surface area (Å²) in [5.41, 5.74) is 2.73. The lowest BCUT2D eigenvalue weighted by Crippen LogP contribution is -2.26. The summed E-state index contributed by atoms with van der Waals surface area (Å²) in [4.78, 5) is 25.6. The predicted octanol–water partition coefficient (Wildman–Crippen LogP) is 1.72. The second kappa shape index (κ2) is 7.56. The van der Waals surface area contributed by atoms with Gasteiger partial charge in [0, 0.05) is 19.2 Å². The van der Waals surface area contributed by atoms with Gasteiger partial charge in [0.2, 0.25) is 0 Å². The number of hydrogen-bond acceptors (Lipinski definition) is 6. The molecule has 0 aliphatic heterocycles. The van der Waals surface area contributed by atoms with E-state index in [4.69, 9.17) is 0 Å². The highest BCUT2D eigenvalue weighted by atomic mass is 16.5. The van der Waals surface area contributed by atoms with Gasteiger partial charge in [0.1, 0.15) is 6.33 Å². The maximum absolute atomic E-state index is 12.6. The normalized spacial score (nSPS) is 10.4. The van der Waals surface area contributed by atoms with Gasteiger partial charge >= 0.3 is 5.97 Å². The fourth-order valence-corrected chi connectivity index (χ4v) is 2.47. The highest BCUT2D eigenvalue weighted by Crippen LogP contribution is 2.13. The van der Waals surface area contributed by atoms with Crippen LogP contribution in [0.25, 0.3) is 5.69 Å². The number of carbonyl (C=O) groups is 2. The summed E-state index contributed by atoms with van der Waals surface area (Å²) in [6.45, 7) is 0.426. The Kier molecular flexibility index (Phi) is 5.02.